The minimum Gasteiger partial charge on any atom is -0.371 e. The second-order valence-electron chi connectivity index (χ2n) is 4.60. The van der Waals surface area contributed by atoms with Gasteiger partial charge in [-0.15, -0.1) is 0 Å². The second kappa shape index (κ2) is 7.93. The van der Waals surface area contributed by atoms with Crippen molar-refractivity contribution in [2.75, 3.05) is 26.8 Å². The van der Waals surface area contributed by atoms with Gasteiger partial charge in [0.05, 0.1) is 6.61 Å². The first-order valence-electron chi connectivity index (χ1n) is 6.18. The summed E-state index contributed by atoms with van der Waals surface area (Å²) in [7, 11) is 1.82. The number of ether oxygens (including phenoxy) is 1. The average Bonchev–Trinajstić information content (AvgIpc) is 2.24. The summed E-state index contributed by atoms with van der Waals surface area (Å²) in [5.41, 5.74) is -0.171. The van der Waals surface area contributed by atoms with Gasteiger partial charge in [-0.3, -0.25) is 0 Å². The lowest BCUT2D eigenvalue weighted by atomic mass is 9.81. The van der Waals surface area contributed by atoms with Crippen LogP contribution in [-0.2, 0) is 4.74 Å². The lowest BCUT2D eigenvalue weighted by molar-refractivity contribution is -0.181. The fourth-order valence-corrected chi connectivity index (χ4v) is 1.93. The minimum absolute atomic E-state index is 0.170. The molecule has 0 aromatic rings. The van der Waals surface area contributed by atoms with E-state index in [1.54, 1.807) is 0 Å². The molecule has 0 aliphatic carbocycles. The molecule has 0 spiro atoms. The fraction of sp³-hybridized carbons (Fsp3) is 1.00. The Bertz CT molecular complexity index is 197. The molecule has 0 aromatic carbocycles. The maximum Gasteiger partial charge on any atom is 0.411 e. The molecule has 1 unspecified atom stereocenters. The standard InChI is InChI=1S/C12H24F3NO/c1-4-6-7-11(5-2,8-16-3)9-17-10-12(13,14)15/h16H,4-10H2,1-3H3. The van der Waals surface area contributed by atoms with Gasteiger partial charge in [-0.05, 0) is 19.9 Å². The van der Waals surface area contributed by atoms with Crippen LogP contribution in [-0.4, -0.2) is 33.0 Å². The summed E-state index contributed by atoms with van der Waals surface area (Å²) in [6.07, 6.45) is -0.441. The summed E-state index contributed by atoms with van der Waals surface area (Å²) >= 11 is 0. The third-order valence-corrected chi connectivity index (χ3v) is 3.04. The van der Waals surface area contributed by atoms with Crippen LogP contribution in [0.3, 0.4) is 0 Å². The number of hydrogen-bond donors (Lipinski definition) is 1. The first kappa shape index (κ1) is 16.7. The van der Waals surface area contributed by atoms with Crippen molar-refractivity contribution in [3.8, 4) is 0 Å². The van der Waals surface area contributed by atoms with Crippen LogP contribution in [0.25, 0.3) is 0 Å². The molecule has 104 valence electrons. The molecular weight excluding hydrogens is 231 g/mol. The summed E-state index contributed by atoms with van der Waals surface area (Å²) in [5, 5.41) is 3.05. The van der Waals surface area contributed by atoms with Crippen LogP contribution in [0.15, 0.2) is 0 Å². The van der Waals surface area contributed by atoms with Crippen LogP contribution >= 0.6 is 0 Å². The van der Waals surface area contributed by atoms with E-state index >= 15 is 0 Å². The Hall–Kier alpha value is -0.290. The molecule has 0 heterocycles. The van der Waals surface area contributed by atoms with Crippen molar-refractivity contribution >= 4 is 0 Å². The van der Waals surface area contributed by atoms with Crippen molar-refractivity contribution in [2.45, 2.75) is 45.7 Å². The third-order valence-electron chi connectivity index (χ3n) is 3.04. The van der Waals surface area contributed by atoms with Crippen molar-refractivity contribution in [3.63, 3.8) is 0 Å². The number of halogens is 3. The van der Waals surface area contributed by atoms with Crippen molar-refractivity contribution < 1.29 is 17.9 Å². The van der Waals surface area contributed by atoms with Gasteiger partial charge in [0, 0.05) is 12.0 Å². The van der Waals surface area contributed by atoms with Gasteiger partial charge in [0.25, 0.3) is 0 Å². The Morgan fingerprint density at radius 1 is 1.12 bits per heavy atom. The smallest absolute Gasteiger partial charge is 0.371 e. The van der Waals surface area contributed by atoms with Gasteiger partial charge in [0.1, 0.15) is 6.61 Å². The Labute approximate surface area is 102 Å². The van der Waals surface area contributed by atoms with Gasteiger partial charge in [0.15, 0.2) is 0 Å². The highest BCUT2D eigenvalue weighted by Crippen LogP contribution is 2.29. The lowest BCUT2D eigenvalue weighted by Crippen LogP contribution is -2.37. The van der Waals surface area contributed by atoms with Gasteiger partial charge < -0.3 is 10.1 Å². The van der Waals surface area contributed by atoms with Crippen molar-refractivity contribution in [3.05, 3.63) is 0 Å². The normalized spacial score (nSPS) is 15.9. The quantitative estimate of drug-likeness (QED) is 0.682. The Kier molecular flexibility index (Phi) is 7.79. The Balaban J connectivity index is 4.25. The summed E-state index contributed by atoms with van der Waals surface area (Å²) in [4.78, 5) is 0. The molecule has 0 bridgehead atoms. The number of hydrogen-bond acceptors (Lipinski definition) is 2. The van der Waals surface area contributed by atoms with Crippen LogP contribution in [0, 0.1) is 5.41 Å². The largest absolute Gasteiger partial charge is 0.411 e. The highest BCUT2D eigenvalue weighted by atomic mass is 19.4. The van der Waals surface area contributed by atoms with Gasteiger partial charge >= 0.3 is 6.18 Å². The van der Waals surface area contributed by atoms with E-state index in [1.165, 1.54) is 0 Å². The summed E-state index contributed by atoms with van der Waals surface area (Å²) in [6.45, 7) is 3.80. The molecule has 0 fully saturated rings. The topological polar surface area (TPSA) is 21.3 Å². The van der Waals surface area contributed by atoms with E-state index < -0.39 is 12.8 Å². The van der Waals surface area contributed by atoms with E-state index in [2.05, 4.69) is 12.2 Å². The van der Waals surface area contributed by atoms with Crippen molar-refractivity contribution in [1.82, 2.24) is 5.32 Å². The SMILES string of the molecule is CCCCC(CC)(CNC)COCC(F)(F)F. The molecule has 0 amide bonds. The van der Waals surface area contributed by atoms with Crippen LogP contribution < -0.4 is 5.32 Å². The van der Waals surface area contributed by atoms with Crippen LogP contribution in [0.4, 0.5) is 13.2 Å². The second-order valence-corrected chi connectivity index (χ2v) is 4.60. The van der Waals surface area contributed by atoms with E-state index in [-0.39, 0.29) is 12.0 Å². The average molecular weight is 255 g/mol. The number of rotatable bonds is 9. The highest BCUT2D eigenvalue weighted by Gasteiger charge is 2.32. The van der Waals surface area contributed by atoms with E-state index in [4.69, 9.17) is 4.74 Å². The van der Waals surface area contributed by atoms with E-state index in [0.717, 1.165) is 25.7 Å². The first-order valence-corrected chi connectivity index (χ1v) is 6.18. The predicted molar refractivity (Wildman–Crippen MR) is 63.0 cm³/mol. The molecule has 0 radical (unpaired) electrons. The van der Waals surface area contributed by atoms with Gasteiger partial charge in [-0.1, -0.05) is 26.7 Å². The predicted octanol–water partition coefficient (Wildman–Crippen LogP) is 3.37. The van der Waals surface area contributed by atoms with Crippen LogP contribution in [0.2, 0.25) is 0 Å². The molecule has 1 N–H and O–H groups in total. The molecule has 5 heteroatoms. The number of nitrogens with one attached hydrogen (secondary N) is 1. The Morgan fingerprint density at radius 3 is 2.18 bits per heavy atom. The molecular formula is C12H24F3NO. The third kappa shape index (κ3) is 7.60. The number of alkyl halides is 3. The summed E-state index contributed by atoms with van der Waals surface area (Å²) < 4.78 is 40.9. The first-order chi connectivity index (χ1) is 7.89. The highest BCUT2D eigenvalue weighted by molar-refractivity contribution is 4.80. The lowest BCUT2D eigenvalue weighted by Gasteiger charge is -2.32. The van der Waals surface area contributed by atoms with Crippen LogP contribution in [0.1, 0.15) is 39.5 Å². The zero-order valence-corrected chi connectivity index (χ0v) is 11.0. The minimum atomic E-state index is -4.23. The molecule has 2 nitrogen and oxygen atoms in total. The van der Waals surface area contributed by atoms with E-state index in [9.17, 15) is 13.2 Å². The maximum absolute atomic E-state index is 12.0. The van der Waals surface area contributed by atoms with E-state index in [0.29, 0.717) is 6.54 Å². The molecule has 1 atom stereocenters. The molecule has 0 aliphatic rings. The molecule has 0 saturated carbocycles. The fourth-order valence-electron chi connectivity index (χ4n) is 1.93. The molecule has 0 rings (SSSR count). The number of unbranched alkanes of at least 4 members (excludes halogenated alkanes) is 1. The molecule has 17 heavy (non-hydrogen) atoms. The monoisotopic (exact) mass is 255 g/mol. The van der Waals surface area contributed by atoms with Crippen molar-refractivity contribution in [1.29, 1.82) is 0 Å². The van der Waals surface area contributed by atoms with Crippen LogP contribution in [0.5, 0.6) is 0 Å². The molecule has 0 aromatic heterocycles. The van der Waals surface area contributed by atoms with Gasteiger partial charge in [-0.25, -0.2) is 0 Å². The molecule has 0 saturated heterocycles. The van der Waals surface area contributed by atoms with Gasteiger partial charge in [0.2, 0.25) is 0 Å². The zero-order valence-electron chi connectivity index (χ0n) is 11.0. The Morgan fingerprint density at radius 2 is 1.76 bits per heavy atom. The zero-order chi connectivity index (χ0) is 13.4. The van der Waals surface area contributed by atoms with Gasteiger partial charge in [-0.2, -0.15) is 13.2 Å². The van der Waals surface area contributed by atoms with Crippen molar-refractivity contribution in [2.24, 2.45) is 5.41 Å². The van der Waals surface area contributed by atoms with E-state index in [1.807, 2.05) is 14.0 Å². The molecule has 0 aliphatic heterocycles. The maximum atomic E-state index is 12.0. The summed E-state index contributed by atoms with van der Waals surface area (Å²) in [6, 6.07) is 0. The summed E-state index contributed by atoms with van der Waals surface area (Å²) in [5.74, 6) is 0.